The summed E-state index contributed by atoms with van der Waals surface area (Å²) in [7, 11) is 1.64. The van der Waals surface area contributed by atoms with Crippen LogP contribution in [0.1, 0.15) is 4.88 Å². The van der Waals surface area contributed by atoms with E-state index in [9.17, 15) is 0 Å². The number of ether oxygens (including phenoxy) is 1. The van der Waals surface area contributed by atoms with Gasteiger partial charge in [-0.25, -0.2) is 0 Å². The smallest absolute Gasteiger partial charge is 0.188 e. The van der Waals surface area contributed by atoms with Crippen molar-refractivity contribution in [2.45, 2.75) is 6.42 Å². The Balaban J connectivity index is 2.77. The highest BCUT2D eigenvalue weighted by Crippen LogP contribution is 2.34. The van der Waals surface area contributed by atoms with Gasteiger partial charge in [-0.05, 0) is 22.0 Å². The van der Waals surface area contributed by atoms with E-state index in [1.165, 1.54) is 0 Å². The van der Waals surface area contributed by atoms with Crippen molar-refractivity contribution in [1.29, 1.82) is 0 Å². The van der Waals surface area contributed by atoms with E-state index >= 15 is 0 Å². The van der Waals surface area contributed by atoms with Crippen LogP contribution in [0.2, 0.25) is 0 Å². The maximum absolute atomic E-state index is 8.64. The highest BCUT2D eigenvalue weighted by molar-refractivity contribution is 9.10. The minimum absolute atomic E-state index is 0.191. The zero-order chi connectivity index (χ0) is 8.27. The monoisotopic (exact) mass is 236 g/mol. The summed E-state index contributed by atoms with van der Waals surface area (Å²) < 4.78 is 6.03. The largest absolute Gasteiger partial charge is 0.486 e. The summed E-state index contributed by atoms with van der Waals surface area (Å²) in [6.45, 7) is 0.191. The number of halogens is 1. The van der Waals surface area contributed by atoms with Crippen molar-refractivity contribution in [1.82, 2.24) is 0 Å². The molecule has 1 rings (SSSR count). The third-order valence-corrected chi connectivity index (χ3v) is 3.26. The molecular weight excluding hydrogens is 228 g/mol. The summed E-state index contributed by atoms with van der Waals surface area (Å²) in [6.07, 6.45) is 0.701. The van der Waals surface area contributed by atoms with E-state index in [1.54, 1.807) is 18.4 Å². The molecule has 1 N–H and O–H groups in total. The number of methoxy groups -OCH3 is 1. The zero-order valence-corrected chi connectivity index (χ0v) is 8.54. The van der Waals surface area contributed by atoms with E-state index in [2.05, 4.69) is 15.9 Å². The van der Waals surface area contributed by atoms with Gasteiger partial charge in [-0.3, -0.25) is 0 Å². The molecule has 0 fully saturated rings. The molecule has 0 spiro atoms. The number of rotatable bonds is 3. The standard InChI is InChI=1S/C7H9BrO2S/c1-10-7-6(8)4-5(11-7)2-3-9/h4,9H,2-3H2,1H3. The third kappa shape index (κ3) is 2.18. The minimum Gasteiger partial charge on any atom is -0.486 e. The van der Waals surface area contributed by atoms with E-state index in [0.717, 1.165) is 14.4 Å². The third-order valence-electron chi connectivity index (χ3n) is 1.25. The molecule has 0 saturated heterocycles. The van der Waals surface area contributed by atoms with Crippen LogP contribution in [-0.4, -0.2) is 18.8 Å². The SMILES string of the molecule is COc1sc(CCO)cc1Br. The molecule has 0 aliphatic carbocycles. The van der Waals surface area contributed by atoms with Crippen molar-refractivity contribution in [2.75, 3.05) is 13.7 Å². The second-order valence-corrected chi connectivity index (χ2v) is 3.98. The second-order valence-electron chi connectivity index (χ2n) is 2.03. The van der Waals surface area contributed by atoms with E-state index < -0.39 is 0 Å². The molecule has 0 bridgehead atoms. The summed E-state index contributed by atoms with van der Waals surface area (Å²) in [5, 5.41) is 9.51. The molecule has 0 unspecified atom stereocenters. The maximum Gasteiger partial charge on any atom is 0.188 e. The summed E-state index contributed by atoms with van der Waals surface area (Å²) in [5.41, 5.74) is 0. The van der Waals surface area contributed by atoms with Crippen LogP contribution in [0.4, 0.5) is 0 Å². The molecule has 1 aromatic rings. The molecular formula is C7H9BrO2S. The van der Waals surface area contributed by atoms with Gasteiger partial charge in [0, 0.05) is 17.9 Å². The molecule has 1 aromatic heterocycles. The van der Waals surface area contributed by atoms with Crippen LogP contribution in [-0.2, 0) is 6.42 Å². The Morgan fingerprint density at radius 3 is 2.91 bits per heavy atom. The lowest BCUT2D eigenvalue weighted by Crippen LogP contribution is -1.84. The number of hydrogen-bond donors (Lipinski definition) is 1. The predicted molar refractivity (Wildman–Crippen MR) is 49.4 cm³/mol. The fourth-order valence-corrected chi connectivity index (χ4v) is 2.45. The van der Waals surface area contributed by atoms with Crippen LogP contribution < -0.4 is 4.74 Å². The molecule has 1 heterocycles. The van der Waals surface area contributed by atoms with Gasteiger partial charge in [0.05, 0.1) is 11.6 Å². The highest BCUT2D eigenvalue weighted by atomic mass is 79.9. The number of aliphatic hydroxyl groups is 1. The molecule has 11 heavy (non-hydrogen) atoms. The summed E-state index contributed by atoms with van der Waals surface area (Å²) in [5.74, 6) is 0. The van der Waals surface area contributed by atoms with Crippen LogP contribution >= 0.6 is 27.3 Å². The Morgan fingerprint density at radius 1 is 1.73 bits per heavy atom. The van der Waals surface area contributed by atoms with Crippen molar-refractivity contribution in [3.8, 4) is 5.06 Å². The Bertz CT molecular complexity index is 234. The van der Waals surface area contributed by atoms with Crippen LogP contribution in [0.3, 0.4) is 0 Å². The quantitative estimate of drug-likeness (QED) is 0.871. The lowest BCUT2D eigenvalue weighted by Gasteiger charge is -1.91. The average Bonchev–Trinajstić information content (AvgIpc) is 2.32. The number of aliphatic hydroxyl groups excluding tert-OH is 1. The molecule has 0 radical (unpaired) electrons. The van der Waals surface area contributed by atoms with Gasteiger partial charge in [0.1, 0.15) is 0 Å². The van der Waals surface area contributed by atoms with Crippen LogP contribution in [0.15, 0.2) is 10.5 Å². The maximum atomic E-state index is 8.64. The first-order valence-electron chi connectivity index (χ1n) is 3.21. The molecule has 0 aliphatic rings. The lowest BCUT2D eigenvalue weighted by atomic mass is 10.4. The second kappa shape index (κ2) is 4.09. The van der Waals surface area contributed by atoms with E-state index in [4.69, 9.17) is 9.84 Å². The van der Waals surface area contributed by atoms with Crippen molar-refractivity contribution < 1.29 is 9.84 Å². The molecule has 0 amide bonds. The molecule has 62 valence electrons. The summed E-state index contributed by atoms with van der Waals surface area (Å²) in [6, 6.07) is 1.97. The zero-order valence-electron chi connectivity index (χ0n) is 6.13. The van der Waals surface area contributed by atoms with Gasteiger partial charge in [0.25, 0.3) is 0 Å². The molecule has 2 nitrogen and oxygen atoms in total. The molecule has 0 aliphatic heterocycles. The van der Waals surface area contributed by atoms with Gasteiger partial charge in [-0.15, -0.1) is 11.3 Å². The Kier molecular flexibility index (Phi) is 3.36. The van der Waals surface area contributed by atoms with Crippen LogP contribution in [0.25, 0.3) is 0 Å². The van der Waals surface area contributed by atoms with Gasteiger partial charge in [0.2, 0.25) is 0 Å². The molecule has 4 heteroatoms. The summed E-state index contributed by atoms with van der Waals surface area (Å²) in [4.78, 5) is 1.14. The highest BCUT2D eigenvalue weighted by Gasteiger charge is 2.05. The van der Waals surface area contributed by atoms with Gasteiger partial charge < -0.3 is 9.84 Å². The van der Waals surface area contributed by atoms with Crippen molar-refractivity contribution in [2.24, 2.45) is 0 Å². The Morgan fingerprint density at radius 2 is 2.45 bits per heavy atom. The van der Waals surface area contributed by atoms with Gasteiger partial charge in [0.15, 0.2) is 5.06 Å². The van der Waals surface area contributed by atoms with E-state index in [-0.39, 0.29) is 6.61 Å². The Labute approximate surface area is 77.9 Å². The first kappa shape index (κ1) is 9.03. The van der Waals surface area contributed by atoms with Crippen molar-refractivity contribution in [3.63, 3.8) is 0 Å². The summed E-state index contributed by atoms with van der Waals surface area (Å²) >= 11 is 4.91. The fourth-order valence-electron chi connectivity index (χ4n) is 0.770. The van der Waals surface area contributed by atoms with Gasteiger partial charge in [-0.1, -0.05) is 0 Å². The molecule has 0 saturated carbocycles. The first-order chi connectivity index (χ1) is 5.27. The lowest BCUT2D eigenvalue weighted by molar-refractivity contribution is 0.300. The van der Waals surface area contributed by atoms with Gasteiger partial charge in [-0.2, -0.15) is 0 Å². The minimum atomic E-state index is 0.191. The Hall–Kier alpha value is -0.0600. The van der Waals surface area contributed by atoms with E-state index in [0.29, 0.717) is 6.42 Å². The van der Waals surface area contributed by atoms with E-state index in [1.807, 2.05) is 6.07 Å². The van der Waals surface area contributed by atoms with Crippen molar-refractivity contribution in [3.05, 3.63) is 15.4 Å². The fraction of sp³-hybridized carbons (Fsp3) is 0.429. The van der Waals surface area contributed by atoms with Crippen LogP contribution in [0, 0.1) is 0 Å². The number of thiophene rings is 1. The number of hydrogen-bond acceptors (Lipinski definition) is 3. The van der Waals surface area contributed by atoms with Crippen LogP contribution in [0.5, 0.6) is 5.06 Å². The van der Waals surface area contributed by atoms with Gasteiger partial charge >= 0.3 is 0 Å². The van der Waals surface area contributed by atoms with Crippen molar-refractivity contribution >= 4 is 27.3 Å². The normalized spacial score (nSPS) is 10.1. The average molecular weight is 237 g/mol. The predicted octanol–water partition coefficient (Wildman–Crippen LogP) is 2.05. The molecule has 0 aromatic carbocycles. The first-order valence-corrected chi connectivity index (χ1v) is 4.82. The molecule has 0 atom stereocenters. The topological polar surface area (TPSA) is 29.5 Å².